The summed E-state index contributed by atoms with van der Waals surface area (Å²) >= 11 is 6.09. The summed E-state index contributed by atoms with van der Waals surface area (Å²) < 4.78 is 13.3. The zero-order chi connectivity index (χ0) is 18.7. The van der Waals surface area contributed by atoms with Gasteiger partial charge in [0, 0.05) is 37.8 Å². The number of anilines is 1. The summed E-state index contributed by atoms with van der Waals surface area (Å²) in [6, 6.07) is 14.0. The molecule has 134 valence electrons. The van der Waals surface area contributed by atoms with Crippen LogP contribution in [0.3, 0.4) is 0 Å². The van der Waals surface area contributed by atoms with Crippen molar-refractivity contribution in [2.45, 2.75) is 6.42 Å². The second-order valence-electron chi connectivity index (χ2n) is 6.23. The van der Waals surface area contributed by atoms with E-state index in [-0.39, 0.29) is 16.6 Å². The van der Waals surface area contributed by atoms with E-state index >= 15 is 0 Å². The van der Waals surface area contributed by atoms with Crippen LogP contribution in [-0.2, 0) is 6.42 Å². The first kappa shape index (κ1) is 18.1. The minimum absolute atomic E-state index is 0.0657. The lowest BCUT2D eigenvalue weighted by molar-refractivity contribution is 0.0954. The van der Waals surface area contributed by atoms with Gasteiger partial charge in [-0.05, 0) is 42.3 Å². The fraction of sp³-hybridized carbons (Fsp3) is 0.200. The zero-order valence-corrected chi connectivity index (χ0v) is 15.3. The summed E-state index contributed by atoms with van der Waals surface area (Å²) in [5.74, 6) is -0.683. The van der Waals surface area contributed by atoms with Gasteiger partial charge in [0.15, 0.2) is 0 Å². The Bertz CT molecular complexity index is 942. The number of fused-ring (bicyclic) bond motifs is 1. The minimum Gasteiger partial charge on any atom is -0.378 e. The van der Waals surface area contributed by atoms with Gasteiger partial charge in [-0.1, -0.05) is 23.7 Å². The molecule has 0 spiro atoms. The van der Waals surface area contributed by atoms with E-state index in [1.165, 1.54) is 12.1 Å². The number of carbonyl (C=O) groups is 1. The Labute approximate surface area is 156 Å². The summed E-state index contributed by atoms with van der Waals surface area (Å²) in [7, 11) is 3.98. The van der Waals surface area contributed by atoms with E-state index in [1.807, 2.05) is 43.3 Å². The van der Waals surface area contributed by atoms with Crippen LogP contribution in [0.5, 0.6) is 0 Å². The highest BCUT2D eigenvalue weighted by Crippen LogP contribution is 2.21. The number of halogens is 2. The Balaban J connectivity index is 1.65. The predicted molar refractivity (Wildman–Crippen MR) is 104 cm³/mol. The van der Waals surface area contributed by atoms with E-state index in [9.17, 15) is 9.18 Å². The summed E-state index contributed by atoms with van der Waals surface area (Å²) in [5.41, 5.74) is 2.97. The lowest BCUT2D eigenvalue weighted by atomic mass is 10.1. The van der Waals surface area contributed by atoms with Gasteiger partial charge < -0.3 is 10.2 Å². The molecule has 4 nitrogen and oxygen atoms in total. The van der Waals surface area contributed by atoms with Crippen molar-refractivity contribution in [1.29, 1.82) is 0 Å². The second kappa shape index (κ2) is 7.70. The summed E-state index contributed by atoms with van der Waals surface area (Å²) in [6.45, 7) is 0.484. The standard InChI is InChI=1S/C20H19ClFN3O/c1-25(2)16-7-3-13(4-8-16)9-10-23-20(26)17-11-14-5-6-15(22)12-18(14)24-19(17)21/h3-8,11-12H,9-10H2,1-2H3,(H,23,26). The number of amides is 1. The van der Waals surface area contributed by atoms with Crippen LogP contribution in [0.1, 0.15) is 15.9 Å². The van der Waals surface area contributed by atoms with E-state index in [4.69, 9.17) is 11.6 Å². The van der Waals surface area contributed by atoms with Gasteiger partial charge in [0.2, 0.25) is 0 Å². The van der Waals surface area contributed by atoms with Crippen LogP contribution in [0.4, 0.5) is 10.1 Å². The number of carbonyl (C=O) groups excluding carboxylic acids is 1. The lowest BCUT2D eigenvalue weighted by Crippen LogP contribution is -2.26. The van der Waals surface area contributed by atoms with Crippen molar-refractivity contribution in [3.8, 4) is 0 Å². The third-order valence-corrected chi connectivity index (χ3v) is 4.42. The SMILES string of the molecule is CN(C)c1ccc(CCNC(=O)c2cc3ccc(F)cc3nc2Cl)cc1. The molecule has 3 rings (SSSR count). The van der Waals surface area contributed by atoms with Gasteiger partial charge in [-0.15, -0.1) is 0 Å². The molecule has 1 N–H and O–H groups in total. The Morgan fingerprint density at radius 3 is 2.58 bits per heavy atom. The highest BCUT2D eigenvalue weighted by Gasteiger charge is 2.13. The summed E-state index contributed by atoms with van der Waals surface area (Å²) in [4.78, 5) is 18.5. The molecule has 1 aromatic heterocycles. The van der Waals surface area contributed by atoms with Crippen LogP contribution in [0.25, 0.3) is 10.9 Å². The lowest BCUT2D eigenvalue weighted by Gasteiger charge is -2.13. The van der Waals surface area contributed by atoms with Gasteiger partial charge in [0.1, 0.15) is 11.0 Å². The molecule has 0 atom stereocenters. The number of benzene rings is 2. The van der Waals surface area contributed by atoms with Crippen LogP contribution in [0, 0.1) is 5.82 Å². The third-order valence-electron chi connectivity index (χ3n) is 4.13. The molecule has 0 saturated heterocycles. The average Bonchev–Trinajstić information content (AvgIpc) is 2.61. The minimum atomic E-state index is -0.390. The number of pyridine rings is 1. The van der Waals surface area contributed by atoms with Crippen molar-refractivity contribution >= 4 is 34.1 Å². The van der Waals surface area contributed by atoms with Crippen molar-refractivity contribution in [2.75, 3.05) is 25.5 Å². The quantitative estimate of drug-likeness (QED) is 0.688. The van der Waals surface area contributed by atoms with Gasteiger partial charge in [0.05, 0.1) is 11.1 Å². The number of nitrogens with one attached hydrogen (secondary N) is 1. The molecule has 0 saturated carbocycles. The fourth-order valence-electron chi connectivity index (χ4n) is 2.65. The van der Waals surface area contributed by atoms with Gasteiger partial charge >= 0.3 is 0 Å². The second-order valence-corrected chi connectivity index (χ2v) is 6.59. The van der Waals surface area contributed by atoms with Crippen molar-refractivity contribution in [2.24, 2.45) is 0 Å². The summed E-state index contributed by atoms with van der Waals surface area (Å²) in [5, 5.41) is 3.59. The normalized spacial score (nSPS) is 10.8. The molecular formula is C20H19ClFN3O. The molecule has 1 heterocycles. The first-order chi connectivity index (χ1) is 12.4. The molecule has 0 radical (unpaired) electrons. The van der Waals surface area contributed by atoms with Crippen molar-refractivity contribution in [3.63, 3.8) is 0 Å². The highest BCUT2D eigenvalue weighted by molar-refractivity contribution is 6.33. The maximum atomic E-state index is 13.3. The van der Waals surface area contributed by atoms with Crippen molar-refractivity contribution in [3.05, 3.63) is 70.6 Å². The molecule has 0 aliphatic carbocycles. The first-order valence-electron chi connectivity index (χ1n) is 8.24. The van der Waals surface area contributed by atoms with Gasteiger partial charge in [-0.25, -0.2) is 9.37 Å². The molecule has 0 bridgehead atoms. The Morgan fingerprint density at radius 1 is 1.15 bits per heavy atom. The number of nitrogens with zero attached hydrogens (tertiary/aromatic N) is 2. The van der Waals surface area contributed by atoms with Gasteiger partial charge in [0.25, 0.3) is 5.91 Å². The molecule has 1 amide bonds. The van der Waals surface area contributed by atoms with E-state index in [0.717, 1.165) is 11.3 Å². The first-order valence-corrected chi connectivity index (χ1v) is 8.62. The molecular weight excluding hydrogens is 353 g/mol. The molecule has 2 aromatic carbocycles. The summed E-state index contributed by atoms with van der Waals surface area (Å²) in [6.07, 6.45) is 0.712. The fourth-order valence-corrected chi connectivity index (χ4v) is 2.88. The Hall–Kier alpha value is -2.66. The average molecular weight is 372 g/mol. The zero-order valence-electron chi connectivity index (χ0n) is 14.6. The maximum absolute atomic E-state index is 13.3. The number of aromatic nitrogens is 1. The molecule has 3 aromatic rings. The monoisotopic (exact) mass is 371 g/mol. The van der Waals surface area contributed by atoms with E-state index in [1.54, 1.807) is 12.1 Å². The molecule has 0 unspecified atom stereocenters. The number of hydrogen-bond acceptors (Lipinski definition) is 3. The van der Waals surface area contributed by atoms with Crippen molar-refractivity contribution in [1.82, 2.24) is 10.3 Å². The third kappa shape index (κ3) is 4.11. The van der Waals surface area contributed by atoms with Crippen LogP contribution in [0.15, 0.2) is 48.5 Å². The van der Waals surface area contributed by atoms with Crippen LogP contribution in [0.2, 0.25) is 5.15 Å². The largest absolute Gasteiger partial charge is 0.378 e. The highest BCUT2D eigenvalue weighted by atomic mass is 35.5. The van der Waals surface area contributed by atoms with E-state index in [0.29, 0.717) is 23.9 Å². The van der Waals surface area contributed by atoms with Gasteiger partial charge in [-0.2, -0.15) is 0 Å². The van der Waals surface area contributed by atoms with Crippen LogP contribution in [-0.4, -0.2) is 31.5 Å². The number of hydrogen-bond donors (Lipinski definition) is 1. The molecule has 0 aliphatic heterocycles. The molecule has 0 aliphatic rings. The maximum Gasteiger partial charge on any atom is 0.254 e. The number of rotatable bonds is 5. The van der Waals surface area contributed by atoms with Crippen LogP contribution >= 0.6 is 11.6 Å². The Kier molecular flexibility index (Phi) is 5.38. The van der Waals surface area contributed by atoms with Crippen molar-refractivity contribution < 1.29 is 9.18 Å². The smallest absolute Gasteiger partial charge is 0.254 e. The van der Waals surface area contributed by atoms with E-state index < -0.39 is 5.82 Å². The predicted octanol–water partition coefficient (Wildman–Crippen LogP) is 4.07. The molecule has 6 heteroatoms. The molecule has 0 fully saturated rings. The Morgan fingerprint density at radius 2 is 1.88 bits per heavy atom. The molecule has 26 heavy (non-hydrogen) atoms. The van der Waals surface area contributed by atoms with Gasteiger partial charge in [-0.3, -0.25) is 4.79 Å². The van der Waals surface area contributed by atoms with Crippen LogP contribution < -0.4 is 10.2 Å². The van der Waals surface area contributed by atoms with E-state index in [2.05, 4.69) is 10.3 Å². The topological polar surface area (TPSA) is 45.2 Å².